The third-order valence-electron chi connectivity index (χ3n) is 2.77. The minimum absolute atomic E-state index is 0.139. The van der Waals surface area contributed by atoms with Gasteiger partial charge < -0.3 is 10.1 Å². The summed E-state index contributed by atoms with van der Waals surface area (Å²) in [4.78, 5) is 14.5. The quantitative estimate of drug-likeness (QED) is 0.620. The van der Waals surface area contributed by atoms with E-state index in [2.05, 4.69) is 11.6 Å². The lowest BCUT2D eigenvalue weighted by molar-refractivity contribution is -0.391. The lowest BCUT2D eigenvalue weighted by Gasteiger charge is -2.05. The molecule has 20 heavy (non-hydrogen) atoms. The molecule has 1 radical (unpaired) electrons. The van der Waals surface area contributed by atoms with Gasteiger partial charge >= 0.3 is 5.82 Å². The molecule has 0 amide bonds. The molecule has 103 valence electrons. The van der Waals surface area contributed by atoms with E-state index in [4.69, 9.17) is 0 Å². The Morgan fingerprint density at radius 1 is 1.60 bits per heavy atom. The van der Waals surface area contributed by atoms with Crippen molar-refractivity contribution in [1.82, 2.24) is 9.55 Å². The van der Waals surface area contributed by atoms with E-state index in [1.165, 1.54) is 22.9 Å². The maximum atomic E-state index is 13.2. The Balaban J connectivity index is 2.47. The Morgan fingerprint density at radius 2 is 2.35 bits per heavy atom. The molecule has 0 spiro atoms. The maximum Gasteiger partial charge on any atom is 0.343 e. The van der Waals surface area contributed by atoms with Gasteiger partial charge in [-0.2, -0.15) is 4.57 Å². The van der Waals surface area contributed by atoms with E-state index in [0.29, 0.717) is 23.4 Å². The monoisotopic (exact) mass is 274 g/mol. The SMILES string of the molecule is C=C(c1cccc(F)c1)c1ncc([N+](=O)[O-])n1[CH]CC. The first-order valence-electron chi connectivity index (χ1n) is 6.04. The highest BCUT2D eigenvalue weighted by Gasteiger charge is 2.22. The highest BCUT2D eigenvalue weighted by molar-refractivity contribution is 5.75. The van der Waals surface area contributed by atoms with Crippen LogP contribution in [0.4, 0.5) is 10.2 Å². The summed E-state index contributed by atoms with van der Waals surface area (Å²) in [6, 6.07) is 5.88. The molecule has 6 heteroatoms. The van der Waals surface area contributed by atoms with Crippen molar-refractivity contribution in [2.24, 2.45) is 0 Å². The predicted molar refractivity (Wildman–Crippen MR) is 73.4 cm³/mol. The predicted octanol–water partition coefficient (Wildman–Crippen LogP) is 3.41. The van der Waals surface area contributed by atoms with Crippen LogP contribution in [0, 0.1) is 22.5 Å². The van der Waals surface area contributed by atoms with Crippen molar-refractivity contribution in [3.63, 3.8) is 0 Å². The molecule has 1 heterocycles. The molecule has 0 aliphatic heterocycles. The van der Waals surface area contributed by atoms with Crippen LogP contribution in [0.25, 0.3) is 5.57 Å². The normalized spacial score (nSPS) is 10.5. The van der Waals surface area contributed by atoms with Gasteiger partial charge in [-0.1, -0.05) is 25.6 Å². The molecular weight excluding hydrogens is 261 g/mol. The largest absolute Gasteiger partial charge is 0.358 e. The van der Waals surface area contributed by atoms with Crippen molar-refractivity contribution in [2.75, 3.05) is 0 Å². The molecule has 2 aromatic rings. The number of halogens is 1. The summed E-state index contributed by atoms with van der Waals surface area (Å²) >= 11 is 0. The van der Waals surface area contributed by atoms with Gasteiger partial charge in [-0.3, -0.25) is 0 Å². The number of aromatic nitrogens is 2. The van der Waals surface area contributed by atoms with E-state index in [1.807, 2.05) is 6.92 Å². The summed E-state index contributed by atoms with van der Waals surface area (Å²) < 4.78 is 14.6. The zero-order valence-electron chi connectivity index (χ0n) is 10.9. The van der Waals surface area contributed by atoms with Gasteiger partial charge in [0.25, 0.3) is 0 Å². The Morgan fingerprint density at radius 3 is 2.95 bits per heavy atom. The number of rotatable bonds is 5. The van der Waals surface area contributed by atoms with Crippen molar-refractivity contribution in [3.8, 4) is 0 Å². The van der Waals surface area contributed by atoms with E-state index in [0.717, 1.165) is 0 Å². The summed E-state index contributed by atoms with van der Waals surface area (Å²) in [6.45, 7) is 7.36. The van der Waals surface area contributed by atoms with Gasteiger partial charge in [0.1, 0.15) is 18.6 Å². The van der Waals surface area contributed by atoms with Crippen LogP contribution in [-0.2, 0) is 0 Å². The smallest absolute Gasteiger partial charge is 0.343 e. The average molecular weight is 274 g/mol. The number of hydrogen-bond acceptors (Lipinski definition) is 3. The molecule has 0 unspecified atom stereocenters. The van der Waals surface area contributed by atoms with E-state index in [-0.39, 0.29) is 5.82 Å². The highest BCUT2D eigenvalue weighted by atomic mass is 19.1. The third kappa shape index (κ3) is 2.59. The minimum Gasteiger partial charge on any atom is -0.358 e. The molecule has 0 N–H and O–H groups in total. The molecule has 2 rings (SSSR count). The van der Waals surface area contributed by atoms with E-state index in [9.17, 15) is 14.5 Å². The first-order valence-corrected chi connectivity index (χ1v) is 6.04. The van der Waals surface area contributed by atoms with Gasteiger partial charge in [0.05, 0.1) is 0 Å². The molecular formula is C14H13FN3O2. The standard InChI is InChI=1S/C14H13FN3O2/c1-3-7-17-13(18(19)20)9-16-14(17)10(2)11-5-4-6-12(15)8-11/h4-9H,2-3H2,1H3. The maximum absolute atomic E-state index is 13.2. The molecule has 0 bridgehead atoms. The van der Waals surface area contributed by atoms with Crippen LogP contribution in [0.5, 0.6) is 0 Å². The fraction of sp³-hybridized carbons (Fsp3) is 0.143. The first-order chi connectivity index (χ1) is 9.54. The molecule has 0 aliphatic carbocycles. The van der Waals surface area contributed by atoms with Gasteiger partial charge in [-0.25, -0.2) is 9.37 Å². The zero-order chi connectivity index (χ0) is 14.7. The van der Waals surface area contributed by atoms with Gasteiger partial charge in [0, 0.05) is 5.57 Å². The van der Waals surface area contributed by atoms with Crippen molar-refractivity contribution < 1.29 is 9.31 Å². The van der Waals surface area contributed by atoms with Crippen LogP contribution < -0.4 is 0 Å². The van der Waals surface area contributed by atoms with Crippen LogP contribution in [0.2, 0.25) is 0 Å². The third-order valence-corrected chi connectivity index (χ3v) is 2.77. The molecule has 5 nitrogen and oxygen atoms in total. The Hall–Kier alpha value is -2.50. The lowest BCUT2D eigenvalue weighted by Crippen LogP contribution is -2.05. The first kappa shape index (κ1) is 13.9. The van der Waals surface area contributed by atoms with Gasteiger partial charge in [-0.15, -0.1) is 0 Å². The zero-order valence-corrected chi connectivity index (χ0v) is 10.9. The highest BCUT2D eigenvalue weighted by Crippen LogP contribution is 2.26. The van der Waals surface area contributed by atoms with Crippen molar-refractivity contribution in [2.45, 2.75) is 13.3 Å². The van der Waals surface area contributed by atoms with E-state index < -0.39 is 10.7 Å². The summed E-state index contributed by atoms with van der Waals surface area (Å²) in [7, 11) is 0. The van der Waals surface area contributed by atoms with Gasteiger partial charge in [0.2, 0.25) is 5.82 Å². The van der Waals surface area contributed by atoms with E-state index >= 15 is 0 Å². The Labute approximate surface area is 115 Å². The molecule has 0 fully saturated rings. The molecule has 0 atom stereocenters. The number of benzene rings is 1. The molecule has 0 saturated carbocycles. The Kier molecular flexibility index (Phi) is 3.93. The van der Waals surface area contributed by atoms with Crippen LogP contribution in [0.15, 0.2) is 37.0 Å². The lowest BCUT2D eigenvalue weighted by atomic mass is 10.1. The van der Waals surface area contributed by atoms with Crippen LogP contribution in [0.3, 0.4) is 0 Å². The second-order valence-electron chi connectivity index (χ2n) is 4.15. The van der Waals surface area contributed by atoms with Gasteiger partial charge in [-0.05, 0) is 29.0 Å². The second-order valence-corrected chi connectivity index (χ2v) is 4.15. The minimum atomic E-state index is -0.512. The topological polar surface area (TPSA) is 61.0 Å². The average Bonchev–Trinajstić information content (AvgIpc) is 2.82. The van der Waals surface area contributed by atoms with Gasteiger partial charge in [0.15, 0.2) is 0 Å². The molecule has 0 saturated heterocycles. The number of nitro groups is 1. The fourth-order valence-electron chi connectivity index (χ4n) is 1.88. The summed E-state index contributed by atoms with van der Waals surface area (Å²) in [5, 5.41) is 11.0. The van der Waals surface area contributed by atoms with Crippen molar-refractivity contribution in [1.29, 1.82) is 0 Å². The van der Waals surface area contributed by atoms with Crippen LogP contribution in [0.1, 0.15) is 24.7 Å². The Bertz CT molecular complexity index is 664. The van der Waals surface area contributed by atoms with E-state index in [1.54, 1.807) is 18.7 Å². The summed E-state index contributed by atoms with van der Waals surface area (Å²) in [6.07, 6.45) is 1.77. The van der Waals surface area contributed by atoms with Crippen LogP contribution >= 0.6 is 0 Å². The number of nitrogens with zero attached hydrogens (tertiary/aromatic N) is 3. The summed E-state index contributed by atoms with van der Waals surface area (Å²) in [5.74, 6) is -0.195. The second kappa shape index (κ2) is 5.64. The van der Waals surface area contributed by atoms with Crippen molar-refractivity contribution in [3.05, 3.63) is 70.9 Å². The van der Waals surface area contributed by atoms with Crippen molar-refractivity contribution >= 4 is 11.4 Å². The van der Waals surface area contributed by atoms with Crippen LogP contribution in [-0.4, -0.2) is 14.5 Å². The number of imidazole rings is 1. The molecule has 0 aliphatic rings. The fourth-order valence-corrected chi connectivity index (χ4v) is 1.88. The number of hydrogen-bond donors (Lipinski definition) is 0. The molecule has 1 aromatic heterocycles. The molecule has 1 aromatic carbocycles. The summed E-state index contributed by atoms with van der Waals surface area (Å²) in [5.41, 5.74) is 0.971.